The summed E-state index contributed by atoms with van der Waals surface area (Å²) in [6.07, 6.45) is 1.58. The Bertz CT molecular complexity index is 1010. The molecule has 0 aromatic heterocycles. The number of ketones is 1. The van der Waals surface area contributed by atoms with Crippen LogP contribution in [-0.4, -0.2) is 47.6 Å². The minimum atomic E-state index is -0.671. The Morgan fingerprint density at radius 2 is 1.82 bits per heavy atom. The molecule has 6 heteroatoms. The summed E-state index contributed by atoms with van der Waals surface area (Å²) in [5.41, 5.74) is 2.22. The van der Waals surface area contributed by atoms with Gasteiger partial charge in [0.05, 0.1) is 24.3 Å². The maximum atomic E-state index is 13.1. The minimum absolute atomic E-state index is 0.0952. The summed E-state index contributed by atoms with van der Waals surface area (Å²) < 4.78 is 11.3. The maximum absolute atomic E-state index is 13.1. The minimum Gasteiger partial charge on any atom is -0.507 e. The Hall–Kier alpha value is -3.12. The molecule has 2 aromatic carbocycles. The SMILES string of the molecule is CCCOc1ccc(/C(O)=C2/C(=O)C(=O)N(CCCOC(C)C)C2c2ccccc2)cc1C. The lowest BCUT2D eigenvalue weighted by molar-refractivity contribution is -0.140. The maximum Gasteiger partial charge on any atom is 0.295 e. The number of amides is 1. The van der Waals surface area contributed by atoms with Crippen LogP contribution in [0.2, 0.25) is 0 Å². The van der Waals surface area contributed by atoms with Crippen molar-refractivity contribution in [3.63, 3.8) is 0 Å². The quantitative estimate of drug-likeness (QED) is 0.238. The van der Waals surface area contributed by atoms with E-state index in [4.69, 9.17) is 9.47 Å². The van der Waals surface area contributed by atoms with Crippen LogP contribution in [0.15, 0.2) is 54.1 Å². The molecule has 0 aliphatic carbocycles. The van der Waals surface area contributed by atoms with Gasteiger partial charge >= 0.3 is 0 Å². The lowest BCUT2D eigenvalue weighted by Crippen LogP contribution is -2.31. The molecule has 0 spiro atoms. The Morgan fingerprint density at radius 3 is 2.45 bits per heavy atom. The summed E-state index contributed by atoms with van der Waals surface area (Å²) in [6.45, 7) is 9.28. The number of aryl methyl sites for hydroxylation is 1. The Kier molecular flexibility index (Phi) is 8.28. The predicted molar refractivity (Wildman–Crippen MR) is 128 cm³/mol. The van der Waals surface area contributed by atoms with E-state index in [0.717, 1.165) is 23.3 Å². The van der Waals surface area contributed by atoms with Gasteiger partial charge in [0.2, 0.25) is 0 Å². The Balaban J connectivity index is 1.99. The van der Waals surface area contributed by atoms with Crippen molar-refractivity contribution in [3.8, 4) is 5.75 Å². The van der Waals surface area contributed by atoms with Crippen molar-refractivity contribution in [2.75, 3.05) is 19.8 Å². The molecular formula is C27H33NO5. The van der Waals surface area contributed by atoms with E-state index in [1.807, 2.05) is 58.0 Å². The standard InChI is InChI=1S/C27H33NO5/c1-5-15-33-22-13-12-21(17-19(22)4)25(29)23-24(20-10-7-6-8-11-20)28(27(31)26(23)30)14-9-16-32-18(2)3/h6-8,10-13,17-18,24,29H,5,9,14-16H2,1-4H3/b25-23-. The lowest BCUT2D eigenvalue weighted by atomic mass is 9.95. The number of rotatable bonds is 10. The van der Waals surface area contributed by atoms with E-state index < -0.39 is 17.7 Å². The van der Waals surface area contributed by atoms with Gasteiger partial charge in [-0.3, -0.25) is 9.59 Å². The van der Waals surface area contributed by atoms with Gasteiger partial charge in [0, 0.05) is 18.7 Å². The number of aliphatic hydroxyl groups excluding tert-OH is 1. The van der Waals surface area contributed by atoms with Crippen molar-refractivity contribution in [3.05, 3.63) is 70.8 Å². The molecule has 1 saturated heterocycles. The van der Waals surface area contributed by atoms with Crippen molar-refractivity contribution >= 4 is 17.4 Å². The molecule has 176 valence electrons. The third-order valence-corrected chi connectivity index (χ3v) is 5.56. The van der Waals surface area contributed by atoms with Crippen LogP contribution in [0.4, 0.5) is 0 Å². The van der Waals surface area contributed by atoms with Crippen molar-refractivity contribution < 1.29 is 24.2 Å². The molecule has 1 unspecified atom stereocenters. The number of carbonyl (C=O) groups is 2. The van der Waals surface area contributed by atoms with Crippen LogP contribution in [0.5, 0.6) is 5.75 Å². The Morgan fingerprint density at radius 1 is 1.09 bits per heavy atom. The summed E-state index contributed by atoms with van der Waals surface area (Å²) >= 11 is 0. The molecule has 0 radical (unpaired) electrons. The third kappa shape index (κ3) is 5.63. The van der Waals surface area contributed by atoms with Crippen LogP contribution in [0.3, 0.4) is 0 Å². The van der Waals surface area contributed by atoms with Crippen molar-refractivity contribution in [2.45, 2.75) is 52.7 Å². The van der Waals surface area contributed by atoms with E-state index in [1.165, 1.54) is 0 Å². The average Bonchev–Trinajstić information content (AvgIpc) is 3.06. The molecule has 1 aliphatic heterocycles. The van der Waals surface area contributed by atoms with Crippen LogP contribution < -0.4 is 4.74 Å². The van der Waals surface area contributed by atoms with Crippen LogP contribution in [-0.2, 0) is 14.3 Å². The van der Waals surface area contributed by atoms with E-state index in [2.05, 4.69) is 0 Å². The first kappa shape index (κ1) is 24.5. The second-order valence-corrected chi connectivity index (χ2v) is 8.51. The normalized spacial score (nSPS) is 17.7. The van der Waals surface area contributed by atoms with Crippen LogP contribution in [0.25, 0.3) is 5.76 Å². The van der Waals surface area contributed by atoms with Gasteiger partial charge in [-0.2, -0.15) is 0 Å². The van der Waals surface area contributed by atoms with E-state index in [-0.39, 0.29) is 17.4 Å². The fraction of sp³-hybridized carbons (Fsp3) is 0.407. The molecule has 33 heavy (non-hydrogen) atoms. The third-order valence-electron chi connectivity index (χ3n) is 5.56. The van der Waals surface area contributed by atoms with Gasteiger partial charge in [0.1, 0.15) is 11.5 Å². The molecule has 1 fully saturated rings. The molecule has 3 rings (SSSR count). The van der Waals surface area contributed by atoms with Crippen molar-refractivity contribution in [1.82, 2.24) is 4.90 Å². The number of hydrogen-bond acceptors (Lipinski definition) is 5. The van der Waals surface area contributed by atoms with E-state index in [0.29, 0.717) is 31.7 Å². The van der Waals surface area contributed by atoms with E-state index in [9.17, 15) is 14.7 Å². The topological polar surface area (TPSA) is 76.1 Å². The first-order valence-corrected chi connectivity index (χ1v) is 11.5. The van der Waals surface area contributed by atoms with Crippen molar-refractivity contribution in [2.24, 2.45) is 0 Å². The van der Waals surface area contributed by atoms with Gasteiger partial charge in [0.25, 0.3) is 11.7 Å². The predicted octanol–water partition coefficient (Wildman–Crippen LogP) is 5.02. The van der Waals surface area contributed by atoms with Crippen LogP contribution >= 0.6 is 0 Å². The van der Waals surface area contributed by atoms with E-state index >= 15 is 0 Å². The highest BCUT2D eigenvalue weighted by molar-refractivity contribution is 6.46. The summed E-state index contributed by atoms with van der Waals surface area (Å²) in [5, 5.41) is 11.2. The first-order chi connectivity index (χ1) is 15.8. The van der Waals surface area contributed by atoms with Gasteiger partial charge < -0.3 is 19.5 Å². The second kappa shape index (κ2) is 11.1. The number of carbonyl (C=O) groups excluding carboxylic acids is 2. The fourth-order valence-corrected chi connectivity index (χ4v) is 3.97. The van der Waals surface area contributed by atoms with Gasteiger partial charge in [-0.15, -0.1) is 0 Å². The number of Topliss-reactive ketones (excluding diaryl/α,β-unsaturated/α-hetero) is 1. The number of nitrogens with zero attached hydrogens (tertiary/aromatic N) is 1. The van der Waals surface area contributed by atoms with Gasteiger partial charge in [-0.25, -0.2) is 0 Å². The monoisotopic (exact) mass is 451 g/mol. The molecule has 6 nitrogen and oxygen atoms in total. The van der Waals surface area contributed by atoms with Crippen LogP contribution in [0.1, 0.15) is 56.3 Å². The summed E-state index contributed by atoms with van der Waals surface area (Å²) in [7, 11) is 0. The molecule has 1 amide bonds. The second-order valence-electron chi connectivity index (χ2n) is 8.51. The number of likely N-dealkylation sites (tertiary alicyclic amines) is 1. The zero-order chi connectivity index (χ0) is 24.0. The molecule has 1 N–H and O–H groups in total. The first-order valence-electron chi connectivity index (χ1n) is 11.5. The largest absolute Gasteiger partial charge is 0.507 e. The van der Waals surface area contributed by atoms with Gasteiger partial charge in [-0.05, 0) is 62.9 Å². The number of benzene rings is 2. The fourth-order valence-electron chi connectivity index (χ4n) is 3.97. The zero-order valence-electron chi connectivity index (χ0n) is 19.8. The highest BCUT2D eigenvalue weighted by Crippen LogP contribution is 2.39. The molecule has 1 heterocycles. The number of hydrogen-bond donors (Lipinski definition) is 1. The summed E-state index contributed by atoms with van der Waals surface area (Å²) in [4.78, 5) is 27.6. The van der Waals surface area contributed by atoms with E-state index in [1.54, 1.807) is 23.1 Å². The van der Waals surface area contributed by atoms with Crippen LogP contribution in [0, 0.1) is 6.92 Å². The molecule has 1 atom stereocenters. The summed E-state index contributed by atoms with van der Waals surface area (Å²) in [5.74, 6) is -0.712. The zero-order valence-corrected chi connectivity index (χ0v) is 19.8. The molecule has 0 bridgehead atoms. The smallest absolute Gasteiger partial charge is 0.295 e. The average molecular weight is 452 g/mol. The number of ether oxygens (including phenoxy) is 2. The highest BCUT2D eigenvalue weighted by atomic mass is 16.5. The molecule has 1 aliphatic rings. The molecule has 2 aromatic rings. The van der Waals surface area contributed by atoms with Crippen molar-refractivity contribution in [1.29, 1.82) is 0 Å². The molecular weight excluding hydrogens is 418 g/mol. The number of aliphatic hydroxyl groups is 1. The van der Waals surface area contributed by atoms with Gasteiger partial charge in [-0.1, -0.05) is 37.3 Å². The Labute approximate surface area is 195 Å². The summed E-state index contributed by atoms with van der Waals surface area (Å²) in [6, 6.07) is 14.0. The van der Waals surface area contributed by atoms with Gasteiger partial charge in [0.15, 0.2) is 0 Å². The lowest BCUT2D eigenvalue weighted by Gasteiger charge is -2.25. The highest BCUT2D eigenvalue weighted by Gasteiger charge is 2.45. The molecule has 0 saturated carbocycles.